The Labute approximate surface area is 142 Å². The minimum Gasteiger partial charge on any atom is -0.494 e. The Bertz CT molecular complexity index is 492. The normalized spacial score (nSPS) is 12.2. The Kier molecular flexibility index (Phi) is 7.50. The maximum atomic E-state index is 10.8. The van der Waals surface area contributed by atoms with Crippen LogP contribution in [0.5, 0.6) is 5.75 Å². The first-order valence-electron chi connectivity index (χ1n) is 8.25. The van der Waals surface area contributed by atoms with Crippen molar-refractivity contribution in [3.63, 3.8) is 0 Å². The van der Waals surface area contributed by atoms with E-state index in [1.54, 1.807) is 24.3 Å². The van der Waals surface area contributed by atoms with Gasteiger partial charge in [0.2, 0.25) is 0 Å². The van der Waals surface area contributed by atoms with Gasteiger partial charge in [-0.05, 0) is 69.5 Å². The quantitative estimate of drug-likeness (QED) is 0.475. The number of carboxylic acids is 1. The molecule has 23 heavy (non-hydrogen) atoms. The van der Waals surface area contributed by atoms with E-state index in [1.807, 2.05) is 0 Å². The third-order valence-corrected chi connectivity index (χ3v) is 9.59. The van der Waals surface area contributed by atoms with Gasteiger partial charge in [0, 0.05) is 0 Å². The van der Waals surface area contributed by atoms with Crippen molar-refractivity contribution < 1.29 is 18.8 Å². The summed E-state index contributed by atoms with van der Waals surface area (Å²) in [7, 11) is -2.94. The molecule has 0 aromatic heterocycles. The standard InChI is InChI=1S/C17H30O4Si2/c1-22(2,3)21-23(4,5)14-8-6-7-13-20-16-11-9-15(10-12-16)17(18)19/h9-12H,6-8,13-14H2,1-5H3,(H,18,19). The molecular weight excluding hydrogens is 324 g/mol. The number of carbonyl (C=O) groups is 1. The van der Waals surface area contributed by atoms with Crippen molar-refractivity contribution in [3.05, 3.63) is 29.8 Å². The second-order valence-electron chi connectivity index (χ2n) is 7.46. The molecule has 130 valence electrons. The highest BCUT2D eigenvalue weighted by atomic mass is 28.4. The van der Waals surface area contributed by atoms with E-state index in [-0.39, 0.29) is 5.56 Å². The maximum Gasteiger partial charge on any atom is 0.335 e. The lowest BCUT2D eigenvalue weighted by atomic mass is 10.2. The second kappa shape index (κ2) is 8.66. The lowest BCUT2D eigenvalue weighted by Crippen LogP contribution is -2.42. The monoisotopic (exact) mass is 354 g/mol. The summed E-state index contributed by atoms with van der Waals surface area (Å²) in [5.41, 5.74) is 0.284. The predicted octanol–water partition coefficient (Wildman–Crippen LogP) is 4.99. The number of unbranched alkanes of at least 4 members (excludes halogenated alkanes) is 2. The predicted molar refractivity (Wildman–Crippen MR) is 99.5 cm³/mol. The lowest BCUT2D eigenvalue weighted by molar-refractivity contribution is 0.0697. The van der Waals surface area contributed by atoms with Crippen molar-refractivity contribution in [3.8, 4) is 5.75 Å². The van der Waals surface area contributed by atoms with Gasteiger partial charge in [-0.2, -0.15) is 0 Å². The number of aromatic carboxylic acids is 1. The van der Waals surface area contributed by atoms with Gasteiger partial charge in [-0.1, -0.05) is 12.8 Å². The van der Waals surface area contributed by atoms with Crippen LogP contribution in [0.15, 0.2) is 24.3 Å². The molecule has 0 fully saturated rings. The van der Waals surface area contributed by atoms with Gasteiger partial charge in [0.05, 0.1) is 12.2 Å². The van der Waals surface area contributed by atoms with E-state index in [1.165, 1.54) is 12.5 Å². The largest absolute Gasteiger partial charge is 0.494 e. The van der Waals surface area contributed by atoms with E-state index < -0.39 is 22.6 Å². The zero-order valence-electron chi connectivity index (χ0n) is 15.0. The SMILES string of the molecule is C[Si](C)(C)O[Si](C)(C)CCCCCOc1ccc(C(=O)O)cc1. The summed E-state index contributed by atoms with van der Waals surface area (Å²) in [5.74, 6) is -0.185. The molecule has 1 rings (SSSR count). The minimum atomic E-state index is -1.51. The van der Waals surface area contributed by atoms with E-state index in [4.69, 9.17) is 14.0 Å². The van der Waals surface area contributed by atoms with Crippen LogP contribution in [-0.2, 0) is 4.12 Å². The van der Waals surface area contributed by atoms with Crippen LogP contribution in [0.2, 0.25) is 38.8 Å². The summed E-state index contributed by atoms with van der Waals surface area (Å²) in [6.45, 7) is 12.1. The van der Waals surface area contributed by atoms with Gasteiger partial charge < -0.3 is 14.0 Å². The number of ether oxygens (including phenoxy) is 1. The van der Waals surface area contributed by atoms with Gasteiger partial charge in [0.25, 0.3) is 0 Å². The highest BCUT2D eigenvalue weighted by molar-refractivity contribution is 6.84. The molecule has 0 aliphatic rings. The van der Waals surface area contributed by atoms with Crippen LogP contribution < -0.4 is 4.74 Å². The number of hydrogen-bond acceptors (Lipinski definition) is 3. The second-order valence-corrected chi connectivity index (χ2v) is 16.5. The summed E-state index contributed by atoms with van der Waals surface area (Å²) in [4.78, 5) is 10.8. The molecular formula is C17H30O4Si2. The van der Waals surface area contributed by atoms with Crippen molar-refractivity contribution in [2.24, 2.45) is 0 Å². The molecule has 0 aliphatic heterocycles. The molecule has 0 heterocycles. The van der Waals surface area contributed by atoms with E-state index in [9.17, 15) is 4.79 Å². The summed E-state index contributed by atoms with van der Waals surface area (Å²) in [5, 5.41) is 8.84. The first-order chi connectivity index (χ1) is 10.6. The molecule has 0 saturated heterocycles. The Morgan fingerprint density at radius 3 is 2.13 bits per heavy atom. The van der Waals surface area contributed by atoms with Crippen molar-refractivity contribution in [2.75, 3.05) is 6.61 Å². The molecule has 0 spiro atoms. The van der Waals surface area contributed by atoms with Crippen molar-refractivity contribution in [1.82, 2.24) is 0 Å². The smallest absolute Gasteiger partial charge is 0.335 e. The molecule has 0 saturated carbocycles. The van der Waals surface area contributed by atoms with Crippen LogP contribution in [0, 0.1) is 0 Å². The van der Waals surface area contributed by atoms with Gasteiger partial charge in [-0.15, -0.1) is 0 Å². The summed E-state index contributed by atoms with van der Waals surface area (Å²) in [6, 6.07) is 7.76. The van der Waals surface area contributed by atoms with E-state index in [0.717, 1.165) is 18.6 Å². The molecule has 1 N–H and O–H groups in total. The van der Waals surface area contributed by atoms with E-state index in [2.05, 4.69) is 32.7 Å². The summed E-state index contributed by atoms with van der Waals surface area (Å²) in [6.07, 6.45) is 3.34. The van der Waals surface area contributed by atoms with Gasteiger partial charge in [-0.25, -0.2) is 4.79 Å². The van der Waals surface area contributed by atoms with Gasteiger partial charge >= 0.3 is 5.97 Å². The fourth-order valence-corrected chi connectivity index (χ4v) is 10.7. The average Bonchev–Trinajstić information content (AvgIpc) is 2.40. The highest BCUT2D eigenvalue weighted by Gasteiger charge is 2.28. The van der Waals surface area contributed by atoms with Gasteiger partial charge in [0.15, 0.2) is 16.6 Å². The molecule has 0 bridgehead atoms. The van der Waals surface area contributed by atoms with Crippen LogP contribution >= 0.6 is 0 Å². The van der Waals surface area contributed by atoms with Crippen molar-refractivity contribution in [1.29, 1.82) is 0 Å². The highest BCUT2D eigenvalue weighted by Crippen LogP contribution is 2.21. The Balaban J connectivity index is 2.19. The fraction of sp³-hybridized carbons (Fsp3) is 0.588. The Morgan fingerprint density at radius 1 is 1.00 bits per heavy atom. The van der Waals surface area contributed by atoms with E-state index in [0.29, 0.717) is 6.61 Å². The van der Waals surface area contributed by atoms with Gasteiger partial charge in [0.1, 0.15) is 5.75 Å². The Morgan fingerprint density at radius 2 is 1.61 bits per heavy atom. The van der Waals surface area contributed by atoms with Crippen LogP contribution in [-0.4, -0.2) is 34.3 Å². The third-order valence-electron chi connectivity index (χ3n) is 3.38. The number of rotatable bonds is 10. The zero-order valence-corrected chi connectivity index (χ0v) is 17.0. The first-order valence-corrected chi connectivity index (χ1v) is 14.8. The molecule has 4 nitrogen and oxygen atoms in total. The Hall–Kier alpha value is -1.12. The van der Waals surface area contributed by atoms with Gasteiger partial charge in [-0.3, -0.25) is 0 Å². The molecule has 0 radical (unpaired) electrons. The first kappa shape index (κ1) is 19.9. The molecule has 0 unspecified atom stereocenters. The topological polar surface area (TPSA) is 55.8 Å². The number of carboxylic acid groups (broad SMARTS) is 1. The van der Waals surface area contributed by atoms with Crippen LogP contribution in [0.4, 0.5) is 0 Å². The molecule has 1 aromatic carbocycles. The summed E-state index contributed by atoms with van der Waals surface area (Å²) < 4.78 is 12.0. The van der Waals surface area contributed by atoms with E-state index >= 15 is 0 Å². The summed E-state index contributed by atoms with van der Waals surface area (Å²) >= 11 is 0. The van der Waals surface area contributed by atoms with Crippen molar-refractivity contribution >= 4 is 22.6 Å². The number of benzene rings is 1. The third kappa shape index (κ3) is 8.93. The number of hydrogen-bond donors (Lipinski definition) is 1. The molecule has 6 heteroatoms. The van der Waals surface area contributed by atoms with Crippen LogP contribution in [0.3, 0.4) is 0 Å². The fourth-order valence-electron chi connectivity index (χ4n) is 2.59. The average molecular weight is 355 g/mol. The zero-order chi connectivity index (χ0) is 17.5. The molecule has 0 amide bonds. The van der Waals surface area contributed by atoms with Crippen LogP contribution in [0.25, 0.3) is 0 Å². The molecule has 0 atom stereocenters. The van der Waals surface area contributed by atoms with Crippen LogP contribution in [0.1, 0.15) is 29.6 Å². The lowest BCUT2D eigenvalue weighted by Gasteiger charge is -2.31. The van der Waals surface area contributed by atoms with Crippen molar-refractivity contribution in [2.45, 2.75) is 58.0 Å². The molecule has 1 aromatic rings. The molecule has 0 aliphatic carbocycles. The maximum absolute atomic E-state index is 10.8. The minimum absolute atomic E-state index is 0.284.